The van der Waals surface area contributed by atoms with Crippen molar-refractivity contribution in [3.05, 3.63) is 109 Å². The van der Waals surface area contributed by atoms with Gasteiger partial charge in [0.1, 0.15) is 0 Å². The fourth-order valence-electron chi connectivity index (χ4n) is 5.91. The van der Waals surface area contributed by atoms with Gasteiger partial charge in [0.25, 0.3) is 0 Å². The first-order valence-electron chi connectivity index (χ1n) is 13.0. The molecule has 0 spiro atoms. The van der Waals surface area contributed by atoms with Gasteiger partial charge in [0.2, 0.25) is 0 Å². The maximum atomic E-state index is 2.41. The van der Waals surface area contributed by atoms with Gasteiger partial charge in [-0.2, -0.15) is 0 Å². The van der Waals surface area contributed by atoms with Crippen molar-refractivity contribution in [2.75, 3.05) is 0 Å². The Hall–Kier alpha value is -3.46. The zero-order valence-electron chi connectivity index (χ0n) is 21.3. The first kappa shape index (κ1) is 22.7. The predicted octanol–water partition coefficient (Wildman–Crippen LogP) is 11.4. The van der Waals surface area contributed by atoms with Crippen molar-refractivity contribution in [1.29, 1.82) is 0 Å². The fraction of sp³-hybridized carbons (Fsp3) is 0.143. The predicted molar refractivity (Wildman–Crippen MR) is 166 cm³/mol. The van der Waals surface area contributed by atoms with Gasteiger partial charge in [0.15, 0.2) is 0 Å². The fourth-order valence-corrected chi connectivity index (χ4v) is 8.17. The van der Waals surface area contributed by atoms with Crippen LogP contribution in [0.4, 0.5) is 0 Å². The summed E-state index contributed by atoms with van der Waals surface area (Å²) in [5.41, 5.74) is 6.85. The summed E-state index contributed by atoms with van der Waals surface area (Å²) in [5.74, 6) is 0. The van der Waals surface area contributed by atoms with Crippen LogP contribution in [0.1, 0.15) is 32.8 Å². The molecule has 0 unspecified atom stereocenters. The van der Waals surface area contributed by atoms with Crippen LogP contribution in [0.25, 0.3) is 62.6 Å². The highest BCUT2D eigenvalue weighted by atomic mass is 32.1. The minimum Gasteiger partial charge on any atom is -0.135 e. The summed E-state index contributed by atoms with van der Waals surface area (Å²) in [6.45, 7) is 7.14. The lowest BCUT2D eigenvalue weighted by Gasteiger charge is -2.30. The van der Waals surface area contributed by atoms with Crippen LogP contribution >= 0.6 is 22.7 Å². The van der Waals surface area contributed by atoms with Gasteiger partial charge in [-0.1, -0.05) is 99.6 Å². The molecule has 37 heavy (non-hydrogen) atoms. The molecule has 0 fully saturated rings. The Kier molecular flexibility index (Phi) is 5.25. The second-order valence-electron chi connectivity index (χ2n) is 10.5. The highest BCUT2D eigenvalue weighted by molar-refractivity contribution is 7.26. The molecular weight excluding hydrogens is 485 g/mol. The summed E-state index contributed by atoms with van der Waals surface area (Å²) >= 11 is 3.79. The first-order chi connectivity index (χ1) is 18.1. The molecule has 5 aromatic carbocycles. The maximum Gasteiger partial charge on any atom is 0.0361 e. The number of thiophene rings is 2. The largest absolute Gasteiger partial charge is 0.135 e. The molecule has 0 aliphatic heterocycles. The van der Waals surface area contributed by atoms with E-state index in [4.69, 9.17) is 0 Å². The number of rotatable bonds is 4. The van der Waals surface area contributed by atoms with E-state index in [0.29, 0.717) is 0 Å². The number of hydrogen-bond donors (Lipinski definition) is 0. The van der Waals surface area contributed by atoms with Gasteiger partial charge in [-0.25, -0.2) is 0 Å². The average molecular weight is 513 g/mol. The molecular formula is C35H28S2. The Balaban J connectivity index is 1.61. The monoisotopic (exact) mass is 512 g/mol. The molecule has 2 aromatic heterocycles. The van der Waals surface area contributed by atoms with E-state index < -0.39 is 0 Å². The third kappa shape index (κ3) is 3.47. The molecule has 0 aliphatic carbocycles. The second-order valence-corrected chi connectivity index (χ2v) is 12.7. The van der Waals surface area contributed by atoms with E-state index in [1.165, 1.54) is 68.2 Å². The molecule has 0 radical (unpaired) electrons. The van der Waals surface area contributed by atoms with Crippen molar-refractivity contribution in [3.8, 4) is 22.3 Å². The zero-order chi connectivity index (χ0) is 25.1. The summed E-state index contributed by atoms with van der Waals surface area (Å²) in [5, 5.41) is 5.48. The topological polar surface area (TPSA) is 0 Å². The lowest BCUT2D eigenvalue weighted by molar-refractivity contribution is 0.509. The number of hydrogen-bond acceptors (Lipinski definition) is 2. The Bertz CT molecular complexity index is 1820. The highest BCUT2D eigenvalue weighted by Gasteiger charge is 2.28. The molecule has 180 valence electrons. The Labute approximate surface area is 225 Å². The molecule has 7 rings (SSSR count). The third-order valence-electron chi connectivity index (χ3n) is 8.01. The SMILES string of the molecule is CCC(C)(C)c1c(-c2cccc3sc4ccccc4c23)cccc1-c1cccc2sc3ccccc3c12. The van der Waals surface area contributed by atoms with E-state index in [0.717, 1.165) is 6.42 Å². The molecule has 0 aliphatic rings. The molecule has 7 aromatic rings. The van der Waals surface area contributed by atoms with Crippen LogP contribution < -0.4 is 0 Å². The molecule has 0 bridgehead atoms. The van der Waals surface area contributed by atoms with Crippen LogP contribution in [0.3, 0.4) is 0 Å². The molecule has 0 amide bonds. The number of benzene rings is 5. The van der Waals surface area contributed by atoms with Gasteiger partial charge in [0, 0.05) is 40.3 Å². The van der Waals surface area contributed by atoms with E-state index in [1.54, 1.807) is 0 Å². The average Bonchev–Trinajstić information content (AvgIpc) is 3.51. The minimum absolute atomic E-state index is 0.00784. The lowest BCUT2D eigenvalue weighted by Crippen LogP contribution is -2.18. The van der Waals surface area contributed by atoms with E-state index in [2.05, 4.69) is 124 Å². The molecule has 0 N–H and O–H groups in total. The summed E-state index contributed by atoms with van der Waals surface area (Å²) in [7, 11) is 0. The lowest BCUT2D eigenvalue weighted by atomic mass is 9.73. The van der Waals surface area contributed by atoms with Gasteiger partial charge < -0.3 is 0 Å². The molecule has 2 heterocycles. The van der Waals surface area contributed by atoms with Crippen molar-refractivity contribution in [2.24, 2.45) is 0 Å². The highest BCUT2D eigenvalue weighted by Crippen LogP contribution is 2.48. The van der Waals surface area contributed by atoms with Crippen molar-refractivity contribution in [2.45, 2.75) is 32.6 Å². The van der Waals surface area contributed by atoms with Crippen LogP contribution in [0.5, 0.6) is 0 Å². The molecule has 2 heteroatoms. The standard InChI is InChI=1S/C35H28S2/c1-4-35(2,3)34-24(22-14-10-20-30-32(22)26-12-5-7-18-28(26)36-30)16-9-17-25(34)23-15-11-21-31-33(23)27-13-6-8-19-29(27)37-31/h5-21H,4H2,1-3H3. The van der Waals surface area contributed by atoms with E-state index >= 15 is 0 Å². The van der Waals surface area contributed by atoms with E-state index in [9.17, 15) is 0 Å². The molecule has 0 nitrogen and oxygen atoms in total. The van der Waals surface area contributed by atoms with Gasteiger partial charge in [0.05, 0.1) is 0 Å². The van der Waals surface area contributed by atoms with Gasteiger partial charge in [-0.15, -0.1) is 22.7 Å². The second kappa shape index (κ2) is 8.55. The zero-order valence-corrected chi connectivity index (χ0v) is 23.0. The summed E-state index contributed by atoms with van der Waals surface area (Å²) < 4.78 is 5.42. The first-order valence-corrected chi connectivity index (χ1v) is 14.6. The van der Waals surface area contributed by atoms with Gasteiger partial charge >= 0.3 is 0 Å². The summed E-state index contributed by atoms with van der Waals surface area (Å²) in [6, 6.07) is 38.3. The Morgan fingerprint density at radius 2 is 0.892 bits per heavy atom. The van der Waals surface area contributed by atoms with E-state index in [1.807, 2.05) is 22.7 Å². The van der Waals surface area contributed by atoms with Crippen LogP contribution in [0, 0.1) is 0 Å². The Morgan fingerprint density at radius 3 is 1.38 bits per heavy atom. The normalized spacial score (nSPS) is 12.3. The quantitative estimate of drug-likeness (QED) is 0.220. The third-order valence-corrected chi connectivity index (χ3v) is 10.3. The van der Waals surface area contributed by atoms with Crippen LogP contribution in [-0.2, 0) is 5.41 Å². The maximum absolute atomic E-state index is 2.41. The van der Waals surface area contributed by atoms with Crippen LogP contribution in [0.2, 0.25) is 0 Å². The van der Waals surface area contributed by atoms with Crippen molar-refractivity contribution < 1.29 is 0 Å². The van der Waals surface area contributed by atoms with Crippen molar-refractivity contribution >= 4 is 63.0 Å². The summed E-state index contributed by atoms with van der Waals surface area (Å²) in [6.07, 6.45) is 1.07. The van der Waals surface area contributed by atoms with Crippen molar-refractivity contribution in [3.63, 3.8) is 0 Å². The van der Waals surface area contributed by atoms with E-state index in [-0.39, 0.29) is 5.41 Å². The van der Waals surface area contributed by atoms with Crippen molar-refractivity contribution in [1.82, 2.24) is 0 Å². The molecule has 0 saturated heterocycles. The van der Waals surface area contributed by atoms with Gasteiger partial charge in [-0.3, -0.25) is 0 Å². The minimum atomic E-state index is 0.00784. The van der Waals surface area contributed by atoms with Crippen LogP contribution in [0.15, 0.2) is 103 Å². The Morgan fingerprint density at radius 1 is 0.486 bits per heavy atom. The number of fused-ring (bicyclic) bond motifs is 6. The molecule has 0 saturated carbocycles. The van der Waals surface area contributed by atoms with Crippen LogP contribution in [-0.4, -0.2) is 0 Å². The summed E-state index contributed by atoms with van der Waals surface area (Å²) in [4.78, 5) is 0. The molecule has 0 atom stereocenters. The smallest absolute Gasteiger partial charge is 0.0361 e. The van der Waals surface area contributed by atoms with Gasteiger partial charge in [-0.05, 0) is 63.9 Å².